The van der Waals surface area contributed by atoms with Crippen molar-refractivity contribution in [1.82, 2.24) is 0 Å². The number of nitrogens with zero attached hydrogens (tertiary/aromatic N) is 1. The van der Waals surface area contributed by atoms with Crippen LogP contribution in [0.4, 0.5) is 5.69 Å². The normalized spacial score (nSPS) is 11.2. The van der Waals surface area contributed by atoms with Gasteiger partial charge < -0.3 is 5.11 Å². The van der Waals surface area contributed by atoms with Crippen molar-refractivity contribution in [2.45, 2.75) is 39.5 Å². The van der Waals surface area contributed by atoms with E-state index >= 15 is 0 Å². The third-order valence-corrected chi connectivity index (χ3v) is 3.61. The molecule has 2 aromatic carbocycles. The summed E-state index contributed by atoms with van der Waals surface area (Å²) >= 11 is 0. The Morgan fingerprint density at radius 3 is 1.91 bits per heavy atom. The minimum atomic E-state index is 0. The minimum absolute atomic E-state index is 0. The van der Waals surface area contributed by atoms with Crippen LogP contribution in [-0.2, 0) is 20.4 Å². The Balaban J connectivity index is 0.00000242. The first-order chi connectivity index (χ1) is 10.0. The van der Waals surface area contributed by atoms with Crippen LogP contribution in [0, 0.1) is 0 Å². The Labute approximate surface area is 147 Å². The van der Waals surface area contributed by atoms with Gasteiger partial charge in [-0.25, -0.2) is 0 Å². The van der Waals surface area contributed by atoms with E-state index in [0.717, 1.165) is 11.3 Å². The van der Waals surface area contributed by atoms with Crippen LogP contribution in [0.1, 0.15) is 56.2 Å². The van der Waals surface area contributed by atoms with E-state index in [2.05, 4.69) is 45.9 Å². The number of aromatic hydroxyl groups is 1. The van der Waals surface area contributed by atoms with Crippen molar-refractivity contribution in [2.75, 3.05) is 0 Å². The maximum Gasteiger partial charge on any atom is 0.124 e. The number of benzene rings is 2. The summed E-state index contributed by atoms with van der Waals surface area (Å²) in [5, 5.41) is 9.85. The fourth-order valence-corrected chi connectivity index (χ4v) is 2.39. The molecule has 120 valence electrons. The number of hydrogen-bond donors (Lipinski definition) is 1. The van der Waals surface area contributed by atoms with Gasteiger partial charge in [0.1, 0.15) is 5.75 Å². The van der Waals surface area contributed by atoms with Crippen molar-refractivity contribution in [3.05, 3.63) is 59.2 Å². The molecule has 0 spiro atoms. The zero-order valence-electron chi connectivity index (χ0n) is 13.5. The van der Waals surface area contributed by atoms with Crippen molar-refractivity contribution in [1.29, 1.82) is 0 Å². The molecule has 0 saturated heterocycles. The van der Waals surface area contributed by atoms with Gasteiger partial charge in [-0.3, -0.25) is 4.99 Å². The fraction of sp³-hybridized carbons (Fsp3) is 0.316. The monoisotopic (exact) mass is 387 g/mol. The second-order valence-electron chi connectivity index (χ2n) is 5.91. The third-order valence-electron chi connectivity index (χ3n) is 3.61. The van der Waals surface area contributed by atoms with Crippen LogP contribution in [0.3, 0.4) is 0 Å². The Kier molecular flexibility index (Phi) is 7.00. The van der Waals surface area contributed by atoms with E-state index in [4.69, 9.17) is 4.99 Å². The van der Waals surface area contributed by atoms with E-state index in [1.807, 2.05) is 18.2 Å². The first-order valence-electron chi connectivity index (χ1n) is 7.45. The number of aliphatic imine (C=N–C) groups is 1. The average Bonchev–Trinajstić information content (AvgIpc) is 2.45. The Morgan fingerprint density at radius 1 is 0.864 bits per heavy atom. The summed E-state index contributed by atoms with van der Waals surface area (Å²) in [7, 11) is 0. The predicted molar refractivity (Wildman–Crippen MR) is 90.0 cm³/mol. The largest absolute Gasteiger partial charge is 0.507 e. The van der Waals surface area contributed by atoms with Crippen LogP contribution >= 0.6 is 0 Å². The second-order valence-corrected chi connectivity index (χ2v) is 5.91. The topological polar surface area (TPSA) is 32.6 Å². The summed E-state index contributed by atoms with van der Waals surface area (Å²) in [5.74, 6) is 1.09. The summed E-state index contributed by atoms with van der Waals surface area (Å²) in [6.07, 6.45) is 1.75. The molecule has 2 aromatic rings. The molecule has 0 fully saturated rings. The van der Waals surface area contributed by atoms with Crippen molar-refractivity contribution in [3.8, 4) is 5.75 Å². The number of phenolic OH excluding ortho intramolecular Hbond substituents is 1. The maximum atomic E-state index is 9.85. The van der Waals surface area contributed by atoms with Gasteiger partial charge in [0.05, 0.1) is 5.69 Å². The molecule has 0 aliphatic carbocycles. The molecule has 0 bridgehead atoms. The summed E-state index contributed by atoms with van der Waals surface area (Å²) in [6.45, 7) is 8.72. The molecule has 0 saturated carbocycles. The van der Waals surface area contributed by atoms with Gasteiger partial charge in [0.15, 0.2) is 0 Å². The van der Waals surface area contributed by atoms with Crippen molar-refractivity contribution in [2.24, 2.45) is 4.99 Å². The molecule has 1 N–H and O–H groups in total. The van der Waals surface area contributed by atoms with Crippen LogP contribution < -0.4 is 0 Å². The average molecular weight is 388 g/mol. The first kappa shape index (κ1) is 18.6. The molecule has 0 aliphatic heterocycles. The van der Waals surface area contributed by atoms with Crippen LogP contribution in [0.15, 0.2) is 47.5 Å². The molecule has 0 radical (unpaired) electrons. The molecule has 0 amide bonds. The van der Waals surface area contributed by atoms with Gasteiger partial charge in [0.2, 0.25) is 0 Å². The van der Waals surface area contributed by atoms with E-state index in [1.54, 1.807) is 12.3 Å². The van der Waals surface area contributed by atoms with Crippen molar-refractivity contribution in [3.63, 3.8) is 0 Å². The quantitative estimate of drug-likeness (QED) is 0.554. The van der Waals surface area contributed by atoms with Crippen molar-refractivity contribution >= 4 is 11.9 Å². The van der Waals surface area contributed by atoms with Gasteiger partial charge in [-0.05, 0) is 35.1 Å². The minimum Gasteiger partial charge on any atom is -0.507 e. The molecule has 0 aliphatic rings. The van der Waals surface area contributed by atoms with Gasteiger partial charge >= 0.3 is 0 Å². The third kappa shape index (κ3) is 4.29. The standard InChI is InChI=1S/C19H23NO.Pd/c1-13(2)16-9-7-10-17(14(3)4)19(16)20-12-15-8-5-6-11-18(15)21;/h5-14,21H,1-4H3;. The van der Waals surface area contributed by atoms with Gasteiger partial charge in [0, 0.05) is 32.2 Å². The summed E-state index contributed by atoms with van der Waals surface area (Å²) in [5.41, 5.74) is 4.26. The van der Waals surface area contributed by atoms with Gasteiger partial charge in [0.25, 0.3) is 0 Å². The summed E-state index contributed by atoms with van der Waals surface area (Å²) in [4.78, 5) is 4.69. The van der Waals surface area contributed by atoms with Gasteiger partial charge in [-0.2, -0.15) is 0 Å². The number of rotatable bonds is 4. The Bertz CT molecular complexity index is 621. The SMILES string of the molecule is CC(C)c1cccc(C(C)C)c1N=Cc1ccccc1O.[Pd]. The van der Waals surface area contributed by atoms with E-state index in [1.165, 1.54) is 11.1 Å². The molecule has 3 heteroatoms. The molecule has 2 nitrogen and oxygen atoms in total. The van der Waals surface area contributed by atoms with E-state index in [0.29, 0.717) is 11.8 Å². The number of hydrogen-bond acceptors (Lipinski definition) is 2. The van der Waals surface area contributed by atoms with Gasteiger partial charge in [-0.1, -0.05) is 58.0 Å². The molecule has 0 heterocycles. The number of phenols is 1. The van der Waals surface area contributed by atoms with E-state index < -0.39 is 0 Å². The zero-order valence-corrected chi connectivity index (χ0v) is 15.0. The zero-order chi connectivity index (χ0) is 15.4. The smallest absolute Gasteiger partial charge is 0.124 e. The molecular weight excluding hydrogens is 365 g/mol. The molecule has 2 rings (SSSR count). The van der Waals surface area contributed by atoms with Gasteiger partial charge in [-0.15, -0.1) is 0 Å². The molecular formula is C19H23NOPd. The van der Waals surface area contributed by atoms with Crippen LogP contribution in [-0.4, -0.2) is 11.3 Å². The van der Waals surface area contributed by atoms with Crippen LogP contribution in [0.5, 0.6) is 5.75 Å². The number of para-hydroxylation sites is 2. The van der Waals surface area contributed by atoms with E-state index in [9.17, 15) is 5.11 Å². The van der Waals surface area contributed by atoms with Crippen LogP contribution in [0.2, 0.25) is 0 Å². The first-order valence-corrected chi connectivity index (χ1v) is 7.45. The molecule has 0 unspecified atom stereocenters. The molecule has 22 heavy (non-hydrogen) atoms. The molecule has 0 aromatic heterocycles. The van der Waals surface area contributed by atoms with Crippen molar-refractivity contribution < 1.29 is 25.5 Å². The summed E-state index contributed by atoms with van der Waals surface area (Å²) in [6, 6.07) is 13.6. The maximum absolute atomic E-state index is 9.85. The fourth-order valence-electron chi connectivity index (χ4n) is 2.39. The van der Waals surface area contributed by atoms with E-state index in [-0.39, 0.29) is 26.2 Å². The molecule has 0 atom stereocenters. The summed E-state index contributed by atoms with van der Waals surface area (Å²) < 4.78 is 0. The van der Waals surface area contributed by atoms with Crippen LogP contribution in [0.25, 0.3) is 0 Å². The predicted octanol–water partition coefficient (Wildman–Crippen LogP) is 5.39. The Hall–Kier alpha value is -1.43. The second kappa shape index (κ2) is 8.27. The Morgan fingerprint density at radius 2 is 1.41 bits per heavy atom.